The van der Waals surface area contributed by atoms with Crippen molar-refractivity contribution in [3.05, 3.63) is 63.5 Å². The van der Waals surface area contributed by atoms with Crippen LogP contribution in [0.25, 0.3) is 10.2 Å². The molecule has 1 aromatic heterocycles. The maximum Gasteiger partial charge on any atom is 0.279 e. The van der Waals surface area contributed by atoms with Gasteiger partial charge < -0.3 is 4.57 Å². The number of amides is 1. The largest absolute Gasteiger partial charge is 0.316 e. The third-order valence-corrected chi connectivity index (χ3v) is 5.98. The minimum absolute atomic E-state index is 0.0735. The number of benzene rings is 2. The summed E-state index contributed by atoms with van der Waals surface area (Å²) in [6, 6.07) is 12.2. The van der Waals surface area contributed by atoms with Crippen LogP contribution in [0.15, 0.2) is 41.4 Å². The van der Waals surface area contributed by atoms with Crippen molar-refractivity contribution < 1.29 is 4.79 Å². The van der Waals surface area contributed by atoms with E-state index in [1.165, 1.54) is 26.9 Å². The molecule has 0 spiro atoms. The summed E-state index contributed by atoms with van der Waals surface area (Å²) in [5.41, 5.74) is 5.62. The van der Waals surface area contributed by atoms with E-state index in [9.17, 15) is 4.79 Å². The van der Waals surface area contributed by atoms with E-state index < -0.39 is 0 Å². The molecule has 2 aromatic carbocycles. The topological polar surface area (TPSA) is 34.4 Å². The third-order valence-electron chi connectivity index (χ3n) is 4.94. The Kier molecular flexibility index (Phi) is 5.38. The van der Waals surface area contributed by atoms with Crippen LogP contribution in [0.1, 0.15) is 61.2 Å². The molecule has 1 heterocycles. The molecule has 3 aromatic rings. The maximum absolute atomic E-state index is 12.8. The Morgan fingerprint density at radius 3 is 2.30 bits per heavy atom. The number of thiazole rings is 1. The first kappa shape index (κ1) is 19.6. The number of carbonyl (C=O) groups excluding carboxylic acids is 1. The van der Waals surface area contributed by atoms with Crippen molar-refractivity contribution in [2.45, 2.75) is 59.9 Å². The third kappa shape index (κ3) is 4.06. The summed E-state index contributed by atoms with van der Waals surface area (Å²) < 4.78 is 3.36. The van der Waals surface area contributed by atoms with Gasteiger partial charge in [-0.15, -0.1) is 0 Å². The fourth-order valence-corrected chi connectivity index (χ4v) is 4.25. The second-order valence-electron chi connectivity index (χ2n) is 8.18. The first-order valence-electron chi connectivity index (χ1n) is 9.51. The highest BCUT2D eigenvalue weighted by molar-refractivity contribution is 7.16. The summed E-state index contributed by atoms with van der Waals surface area (Å²) in [4.78, 5) is 18.0. The van der Waals surface area contributed by atoms with Gasteiger partial charge in [-0.05, 0) is 66.6 Å². The molecule has 0 radical (unpaired) electrons. The predicted molar refractivity (Wildman–Crippen MR) is 115 cm³/mol. The summed E-state index contributed by atoms with van der Waals surface area (Å²) in [6.45, 7) is 13.8. The molecule has 3 rings (SSSR count). The molecule has 0 bridgehead atoms. The lowest BCUT2D eigenvalue weighted by Crippen LogP contribution is -2.17. The monoisotopic (exact) mass is 380 g/mol. The normalized spacial score (nSPS) is 12.7. The van der Waals surface area contributed by atoms with E-state index in [-0.39, 0.29) is 11.3 Å². The average Bonchev–Trinajstić information content (AvgIpc) is 2.91. The van der Waals surface area contributed by atoms with Gasteiger partial charge in [0.2, 0.25) is 0 Å². The van der Waals surface area contributed by atoms with Crippen molar-refractivity contribution >= 4 is 27.5 Å². The minimum atomic E-state index is -0.180. The molecule has 3 nitrogen and oxygen atoms in total. The van der Waals surface area contributed by atoms with Crippen LogP contribution in [0.3, 0.4) is 0 Å². The molecule has 0 aliphatic heterocycles. The first-order valence-corrected chi connectivity index (χ1v) is 10.3. The van der Waals surface area contributed by atoms with Gasteiger partial charge in [0, 0.05) is 12.1 Å². The fraction of sp³-hybridized carbons (Fsp3) is 0.391. The number of fused-ring (bicyclic) bond motifs is 1. The van der Waals surface area contributed by atoms with E-state index in [0.717, 1.165) is 17.8 Å². The standard InChI is InChI=1S/C23H28N2OS/c1-7-12-25-19-13-15(2)16(3)14-20(19)27-22(25)24-21(26)17-8-10-18(11-9-17)23(4,5)6/h8-11,13-14H,7,12H2,1-6H3. The van der Waals surface area contributed by atoms with E-state index in [4.69, 9.17) is 0 Å². The van der Waals surface area contributed by atoms with Gasteiger partial charge in [-0.1, -0.05) is 51.2 Å². The highest BCUT2D eigenvalue weighted by Gasteiger charge is 2.15. The summed E-state index contributed by atoms with van der Waals surface area (Å²) >= 11 is 1.59. The number of carbonyl (C=O) groups is 1. The van der Waals surface area contributed by atoms with Crippen LogP contribution in [-0.2, 0) is 12.0 Å². The highest BCUT2D eigenvalue weighted by atomic mass is 32.1. The average molecular weight is 381 g/mol. The first-order chi connectivity index (χ1) is 12.7. The fourth-order valence-electron chi connectivity index (χ4n) is 3.11. The molecule has 142 valence electrons. The van der Waals surface area contributed by atoms with Crippen molar-refractivity contribution in [2.24, 2.45) is 4.99 Å². The Balaban J connectivity index is 2.06. The van der Waals surface area contributed by atoms with E-state index in [1.807, 2.05) is 24.3 Å². The van der Waals surface area contributed by atoms with Crippen LogP contribution < -0.4 is 4.80 Å². The molecule has 4 heteroatoms. The zero-order chi connectivity index (χ0) is 19.8. The maximum atomic E-state index is 12.8. The van der Waals surface area contributed by atoms with Crippen LogP contribution in [-0.4, -0.2) is 10.5 Å². The Morgan fingerprint density at radius 1 is 1.07 bits per heavy atom. The summed E-state index contributed by atoms with van der Waals surface area (Å²) in [5.74, 6) is -0.180. The zero-order valence-electron chi connectivity index (χ0n) is 17.1. The molecular weight excluding hydrogens is 352 g/mol. The molecule has 0 saturated heterocycles. The van der Waals surface area contributed by atoms with Crippen LogP contribution in [0, 0.1) is 13.8 Å². The Morgan fingerprint density at radius 2 is 1.70 bits per heavy atom. The van der Waals surface area contributed by atoms with Gasteiger partial charge in [-0.25, -0.2) is 0 Å². The molecular formula is C23H28N2OS. The van der Waals surface area contributed by atoms with E-state index in [1.54, 1.807) is 11.3 Å². The molecule has 27 heavy (non-hydrogen) atoms. The Labute approximate surface area is 165 Å². The SMILES string of the molecule is CCCn1c(=NC(=O)c2ccc(C(C)(C)C)cc2)sc2cc(C)c(C)cc21. The molecule has 0 atom stereocenters. The van der Waals surface area contributed by atoms with Crippen molar-refractivity contribution in [1.29, 1.82) is 0 Å². The predicted octanol–water partition coefficient (Wildman–Crippen LogP) is 5.77. The highest BCUT2D eigenvalue weighted by Crippen LogP contribution is 2.23. The lowest BCUT2D eigenvalue weighted by atomic mass is 9.87. The number of nitrogens with zero attached hydrogens (tertiary/aromatic N) is 2. The van der Waals surface area contributed by atoms with Crippen LogP contribution in [0.5, 0.6) is 0 Å². The van der Waals surface area contributed by atoms with E-state index in [2.05, 4.69) is 63.2 Å². The lowest BCUT2D eigenvalue weighted by molar-refractivity contribution is 0.0997. The number of hydrogen-bond donors (Lipinski definition) is 0. The molecule has 0 aliphatic rings. The second kappa shape index (κ2) is 7.43. The van der Waals surface area contributed by atoms with Gasteiger partial charge in [0.15, 0.2) is 4.80 Å². The summed E-state index contributed by atoms with van der Waals surface area (Å²) in [5, 5.41) is 0. The second-order valence-corrected chi connectivity index (χ2v) is 9.19. The van der Waals surface area contributed by atoms with Gasteiger partial charge in [-0.2, -0.15) is 4.99 Å². The van der Waals surface area contributed by atoms with Crippen molar-refractivity contribution in [1.82, 2.24) is 4.57 Å². The molecule has 0 saturated carbocycles. The Bertz CT molecular complexity index is 1050. The molecule has 0 N–H and O–H groups in total. The van der Waals surface area contributed by atoms with Gasteiger partial charge >= 0.3 is 0 Å². The number of rotatable bonds is 3. The van der Waals surface area contributed by atoms with Gasteiger partial charge in [-0.3, -0.25) is 4.79 Å². The van der Waals surface area contributed by atoms with E-state index in [0.29, 0.717) is 5.56 Å². The van der Waals surface area contributed by atoms with Gasteiger partial charge in [0.1, 0.15) is 0 Å². The van der Waals surface area contributed by atoms with Crippen LogP contribution in [0.2, 0.25) is 0 Å². The van der Waals surface area contributed by atoms with Gasteiger partial charge in [0.05, 0.1) is 10.2 Å². The van der Waals surface area contributed by atoms with E-state index >= 15 is 0 Å². The zero-order valence-corrected chi connectivity index (χ0v) is 17.9. The van der Waals surface area contributed by atoms with Crippen molar-refractivity contribution in [2.75, 3.05) is 0 Å². The quantitative estimate of drug-likeness (QED) is 0.568. The van der Waals surface area contributed by atoms with Crippen LogP contribution >= 0.6 is 11.3 Å². The lowest BCUT2D eigenvalue weighted by Gasteiger charge is -2.18. The minimum Gasteiger partial charge on any atom is -0.316 e. The smallest absolute Gasteiger partial charge is 0.279 e. The Hall–Kier alpha value is -2.20. The van der Waals surface area contributed by atoms with Crippen molar-refractivity contribution in [3.63, 3.8) is 0 Å². The van der Waals surface area contributed by atoms with Crippen molar-refractivity contribution in [3.8, 4) is 0 Å². The molecule has 0 fully saturated rings. The molecule has 1 amide bonds. The number of hydrogen-bond acceptors (Lipinski definition) is 2. The summed E-state index contributed by atoms with van der Waals surface area (Å²) in [6.07, 6.45) is 1.00. The summed E-state index contributed by atoms with van der Waals surface area (Å²) in [7, 11) is 0. The number of aryl methyl sites for hydroxylation is 3. The molecule has 0 unspecified atom stereocenters. The molecule has 0 aliphatic carbocycles. The van der Waals surface area contributed by atoms with Crippen LogP contribution in [0.4, 0.5) is 0 Å². The van der Waals surface area contributed by atoms with Gasteiger partial charge in [0.25, 0.3) is 5.91 Å². The number of aromatic nitrogens is 1.